The van der Waals surface area contributed by atoms with E-state index in [9.17, 15) is 8.42 Å². The Kier molecular flexibility index (Phi) is 4.37. The zero-order valence-electron chi connectivity index (χ0n) is 14.7. The Morgan fingerprint density at radius 1 is 0.926 bits per heavy atom. The van der Waals surface area contributed by atoms with Crippen LogP contribution in [0.15, 0.2) is 71.6 Å². The lowest BCUT2D eigenvalue weighted by Crippen LogP contribution is -2.14. The Bertz CT molecular complexity index is 1080. The quantitative estimate of drug-likeness (QED) is 0.632. The smallest absolute Gasteiger partial charge is 0.261 e. The third kappa shape index (κ3) is 3.41. The highest BCUT2D eigenvalue weighted by Gasteiger charge is 2.20. The molecule has 0 fully saturated rings. The Morgan fingerprint density at radius 3 is 2.41 bits per heavy atom. The number of para-hydroxylation sites is 3. The summed E-state index contributed by atoms with van der Waals surface area (Å²) < 4.78 is 33.4. The molecular weight excluding hydrogens is 362 g/mol. The highest BCUT2D eigenvalue weighted by Crippen LogP contribution is 2.37. The van der Waals surface area contributed by atoms with Gasteiger partial charge in [-0.25, -0.2) is 8.42 Å². The van der Waals surface area contributed by atoms with Gasteiger partial charge in [-0.1, -0.05) is 24.3 Å². The molecule has 0 amide bonds. The summed E-state index contributed by atoms with van der Waals surface area (Å²) in [5, 5.41) is 6.72. The lowest BCUT2D eigenvalue weighted by Gasteiger charge is -2.16. The molecule has 3 aromatic rings. The molecule has 0 aliphatic carbocycles. The Hall–Kier alpha value is -3.19. The van der Waals surface area contributed by atoms with Gasteiger partial charge in [-0.2, -0.15) is 0 Å². The molecule has 1 aliphatic rings. The summed E-state index contributed by atoms with van der Waals surface area (Å²) in [7, 11) is -2.19. The van der Waals surface area contributed by atoms with Crippen LogP contribution in [0, 0.1) is 0 Å². The normalized spacial score (nSPS) is 12.6. The summed E-state index contributed by atoms with van der Waals surface area (Å²) >= 11 is 0. The van der Waals surface area contributed by atoms with Gasteiger partial charge in [-0.3, -0.25) is 4.72 Å². The molecule has 7 heteroatoms. The predicted octanol–water partition coefficient (Wildman–Crippen LogP) is 4.17. The van der Waals surface area contributed by atoms with E-state index in [2.05, 4.69) is 15.4 Å². The number of hydrogen-bond acceptors (Lipinski definition) is 5. The van der Waals surface area contributed by atoms with Crippen LogP contribution in [-0.2, 0) is 16.6 Å². The van der Waals surface area contributed by atoms with Gasteiger partial charge in [0.15, 0.2) is 0 Å². The van der Waals surface area contributed by atoms with Crippen molar-refractivity contribution in [1.82, 2.24) is 0 Å². The second-order valence-corrected chi connectivity index (χ2v) is 7.83. The molecule has 3 aromatic carbocycles. The molecule has 0 unspecified atom stereocenters. The van der Waals surface area contributed by atoms with E-state index in [0.29, 0.717) is 18.0 Å². The molecule has 0 saturated carbocycles. The predicted molar refractivity (Wildman–Crippen MR) is 107 cm³/mol. The van der Waals surface area contributed by atoms with Crippen molar-refractivity contribution in [3.8, 4) is 5.75 Å². The fraction of sp³-hybridized carbons (Fsp3) is 0.100. The van der Waals surface area contributed by atoms with Crippen molar-refractivity contribution in [3.05, 3.63) is 72.3 Å². The van der Waals surface area contributed by atoms with E-state index in [1.165, 1.54) is 12.1 Å². The number of ether oxygens (including phenoxy) is 1. The van der Waals surface area contributed by atoms with E-state index in [1.807, 2.05) is 36.4 Å². The van der Waals surface area contributed by atoms with E-state index in [4.69, 9.17) is 4.74 Å². The summed E-state index contributed by atoms with van der Waals surface area (Å²) in [6.45, 7) is 0.595. The van der Waals surface area contributed by atoms with Crippen molar-refractivity contribution in [3.63, 3.8) is 0 Å². The number of sulfonamides is 1. The van der Waals surface area contributed by atoms with E-state index in [1.54, 1.807) is 25.3 Å². The second kappa shape index (κ2) is 6.85. The SMILES string of the molecule is COc1ccc(S(=O)(=O)Nc2cccc3c2Nc2ccccc2NC3)cc1. The number of hydrogen-bond donors (Lipinski definition) is 3. The third-order valence-electron chi connectivity index (χ3n) is 4.42. The first-order valence-corrected chi connectivity index (χ1v) is 9.94. The first kappa shape index (κ1) is 17.2. The van der Waals surface area contributed by atoms with Crippen molar-refractivity contribution in [2.75, 3.05) is 22.5 Å². The van der Waals surface area contributed by atoms with Crippen LogP contribution in [0.4, 0.5) is 22.7 Å². The Balaban J connectivity index is 1.69. The maximum atomic E-state index is 12.8. The summed E-state index contributed by atoms with van der Waals surface area (Å²) in [5.74, 6) is 0.604. The topological polar surface area (TPSA) is 79.5 Å². The molecule has 3 N–H and O–H groups in total. The van der Waals surface area contributed by atoms with Gasteiger partial charge in [0.2, 0.25) is 0 Å². The number of methoxy groups -OCH3 is 1. The minimum Gasteiger partial charge on any atom is -0.497 e. The van der Waals surface area contributed by atoms with Gasteiger partial charge < -0.3 is 15.4 Å². The molecule has 0 bridgehead atoms. The van der Waals surface area contributed by atoms with Gasteiger partial charge in [0, 0.05) is 6.54 Å². The molecule has 138 valence electrons. The van der Waals surface area contributed by atoms with Crippen molar-refractivity contribution in [2.45, 2.75) is 11.4 Å². The number of fused-ring (bicyclic) bond motifs is 2. The van der Waals surface area contributed by atoms with Crippen LogP contribution in [0.2, 0.25) is 0 Å². The molecule has 0 spiro atoms. The van der Waals surface area contributed by atoms with E-state index < -0.39 is 10.0 Å². The molecule has 0 atom stereocenters. The number of anilines is 4. The average Bonchev–Trinajstić information content (AvgIpc) is 2.88. The van der Waals surface area contributed by atoms with E-state index >= 15 is 0 Å². The highest BCUT2D eigenvalue weighted by molar-refractivity contribution is 7.92. The molecule has 1 heterocycles. The van der Waals surface area contributed by atoms with Crippen molar-refractivity contribution in [2.24, 2.45) is 0 Å². The summed E-state index contributed by atoms with van der Waals surface area (Å²) in [4.78, 5) is 0.174. The van der Waals surface area contributed by atoms with Gasteiger partial charge in [-0.15, -0.1) is 0 Å². The minimum absolute atomic E-state index is 0.174. The molecule has 1 aliphatic heterocycles. The third-order valence-corrected chi connectivity index (χ3v) is 5.80. The van der Waals surface area contributed by atoms with Gasteiger partial charge in [0.25, 0.3) is 10.0 Å². The van der Waals surface area contributed by atoms with Gasteiger partial charge >= 0.3 is 0 Å². The number of benzene rings is 3. The Morgan fingerprint density at radius 2 is 1.67 bits per heavy atom. The molecule has 0 aromatic heterocycles. The monoisotopic (exact) mass is 381 g/mol. The first-order valence-electron chi connectivity index (χ1n) is 8.45. The molecular formula is C20H19N3O3S. The van der Waals surface area contributed by atoms with Gasteiger partial charge in [0.1, 0.15) is 5.75 Å². The molecule has 0 radical (unpaired) electrons. The maximum absolute atomic E-state index is 12.8. The standard InChI is InChI=1S/C20H19N3O3S/c1-26-15-9-11-16(12-10-15)27(24,25)23-19-8-4-5-14-13-21-17-6-2-3-7-18(17)22-20(14)19/h2-12,21-23H,13H2,1H3. The van der Waals surface area contributed by atoms with Crippen LogP contribution in [0.1, 0.15) is 5.56 Å². The zero-order chi connectivity index (χ0) is 18.9. The molecule has 6 nitrogen and oxygen atoms in total. The maximum Gasteiger partial charge on any atom is 0.261 e. The van der Waals surface area contributed by atoms with E-state index in [0.717, 1.165) is 22.6 Å². The average molecular weight is 381 g/mol. The summed E-state index contributed by atoms with van der Waals surface area (Å²) in [6.07, 6.45) is 0. The largest absolute Gasteiger partial charge is 0.497 e. The van der Waals surface area contributed by atoms with E-state index in [-0.39, 0.29) is 4.90 Å². The molecule has 27 heavy (non-hydrogen) atoms. The van der Waals surface area contributed by atoms with Crippen LogP contribution < -0.4 is 20.1 Å². The van der Waals surface area contributed by atoms with Crippen LogP contribution in [0.25, 0.3) is 0 Å². The first-order chi connectivity index (χ1) is 13.1. The van der Waals surface area contributed by atoms with Crippen LogP contribution in [0.3, 0.4) is 0 Å². The summed E-state index contributed by atoms with van der Waals surface area (Å²) in [5.41, 5.74) is 4.08. The van der Waals surface area contributed by atoms with Gasteiger partial charge in [-0.05, 0) is 48.0 Å². The lowest BCUT2D eigenvalue weighted by molar-refractivity contribution is 0.414. The number of nitrogens with one attached hydrogen (secondary N) is 3. The fourth-order valence-electron chi connectivity index (χ4n) is 3.01. The van der Waals surface area contributed by atoms with Crippen molar-refractivity contribution in [1.29, 1.82) is 0 Å². The number of rotatable bonds is 4. The zero-order valence-corrected chi connectivity index (χ0v) is 15.5. The van der Waals surface area contributed by atoms with Crippen molar-refractivity contribution < 1.29 is 13.2 Å². The molecule has 4 rings (SSSR count). The van der Waals surface area contributed by atoms with Crippen molar-refractivity contribution >= 4 is 32.8 Å². The summed E-state index contributed by atoms with van der Waals surface area (Å²) in [6, 6.07) is 19.7. The highest BCUT2D eigenvalue weighted by atomic mass is 32.2. The van der Waals surface area contributed by atoms with Crippen LogP contribution in [0.5, 0.6) is 5.75 Å². The van der Waals surface area contributed by atoms with Crippen LogP contribution >= 0.6 is 0 Å². The minimum atomic E-state index is -3.73. The fourth-order valence-corrected chi connectivity index (χ4v) is 4.08. The second-order valence-electron chi connectivity index (χ2n) is 6.14. The lowest BCUT2D eigenvalue weighted by atomic mass is 10.1. The Labute approximate surface area is 158 Å². The van der Waals surface area contributed by atoms with Gasteiger partial charge in [0.05, 0.1) is 34.8 Å². The molecule has 0 saturated heterocycles. The van der Waals surface area contributed by atoms with Crippen LogP contribution in [-0.4, -0.2) is 15.5 Å².